The van der Waals surface area contributed by atoms with E-state index in [0.29, 0.717) is 11.6 Å². The zero-order valence-electron chi connectivity index (χ0n) is 9.48. The molecule has 2 aromatic rings. The maximum absolute atomic E-state index is 9.77. The van der Waals surface area contributed by atoms with Crippen LogP contribution in [0.4, 0.5) is 0 Å². The Kier molecular flexibility index (Phi) is 4.05. The molecule has 0 saturated heterocycles. The van der Waals surface area contributed by atoms with Gasteiger partial charge >= 0.3 is 0 Å². The molecule has 1 aromatic heterocycles. The Bertz CT molecular complexity index is 484. The first-order valence-corrected chi connectivity index (χ1v) is 6.67. The molecule has 0 aliphatic heterocycles. The molecule has 1 aromatic carbocycles. The van der Waals surface area contributed by atoms with Crippen molar-refractivity contribution in [3.05, 3.63) is 51.2 Å². The molecule has 0 bridgehead atoms. The van der Waals surface area contributed by atoms with Gasteiger partial charge in [0.2, 0.25) is 0 Å². The Morgan fingerprint density at radius 3 is 2.88 bits per heavy atom. The highest BCUT2D eigenvalue weighted by atomic mass is 35.5. The number of nitrogens with one attached hydrogen (secondary N) is 1. The summed E-state index contributed by atoms with van der Waals surface area (Å²) >= 11 is 7.58. The van der Waals surface area contributed by atoms with E-state index in [4.69, 9.17) is 11.6 Å². The monoisotopic (exact) mass is 267 g/mol. The number of thiophene rings is 1. The number of hydrogen-bond donors (Lipinski definition) is 2. The molecule has 0 unspecified atom stereocenters. The van der Waals surface area contributed by atoms with Crippen LogP contribution < -0.4 is 5.32 Å². The summed E-state index contributed by atoms with van der Waals surface area (Å²) in [5, 5.41) is 15.6. The summed E-state index contributed by atoms with van der Waals surface area (Å²) in [6.45, 7) is 2.71. The molecule has 0 aliphatic rings. The second kappa shape index (κ2) is 5.54. The van der Waals surface area contributed by atoms with E-state index >= 15 is 0 Å². The van der Waals surface area contributed by atoms with Crippen molar-refractivity contribution in [2.45, 2.75) is 19.5 Å². The third-order valence-electron chi connectivity index (χ3n) is 2.64. The minimum atomic E-state index is 0.167. The van der Waals surface area contributed by atoms with Crippen molar-refractivity contribution in [1.29, 1.82) is 0 Å². The van der Waals surface area contributed by atoms with Crippen molar-refractivity contribution >= 4 is 22.9 Å². The highest BCUT2D eigenvalue weighted by Gasteiger charge is 2.08. The van der Waals surface area contributed by atoms with Crippen molar-refractivity contribution in [2.24, 2.45) is 0 Å². The largest absolute Gasteiger partial charge is 0.506 e. The molecule has 17 heavy (non-hydrogen) atoms. The molecule has 0 fully saturated rings. The van der Waals surface area contributed by atoms with Crippen LogP contribution in [0.3, 0.4) is 0 Å². The van der Waals surface area contributed by atoms with Gasteiger partial charge in [-0.15, -0.1) is 11.3 Å². The predicted octanol–water partition coefficient (Wildman–Crippen LogP) is 3.96. The molecule has 4 heteroatoms. The molecule has 0 amide bonds. The highest BCUT2D eigenvalue weighted by molar-refractivity contribution is 7.10. The zero-order chi connectivity index (χ0) is 12.3. The summed E-state index contributed by atoms with van der Waals surface area (Å²) in [4.78, 5) is 1.28. The summed E-state index contributed by atoms with van der Waals surface area (Å²) in [5.74, 6) is 0.167. The first-order chi connectivity index (χ1) is 8.18. The normalized spacial score (nSPS) is 12.6. The van der Waals surface area contributed by atoms with Crippen molar-refractivity contribution in [3.63, 3.8) is 0 Å². The van der Waals surface area contributed by atoms with Gasteiger partial charge in [0, 0.05) is 23.0 Å². The molecule has 2 rings (SSSR count). The first kappa shape index (κ1) is 12.4. The Hall–Kier alpha value is -1.03. The van der Waals surface area contributed by atoms with Gasteiger partial charge in [-0.25, -0.2) is 0 Å². The van der Waals surface area contributed by atoms with E-state index in [1.54, 1.807) is 17.4 Å². The molecule has 0 saturated carbocycles. The van der Waals surface area contributed by atoms with Gasteiger partial charge in [-0.1, -0.05) is 29.8 Å². The number of para-hydroxylation sites is 1. The van der Waals surface area contributed by atoms with Crippen LogP contribution in [0.25, 0.3) is 0 Å². The van der Waals surface area contributed by atoms with Crippen molar-refractivity contribution in [3.8, 4) is 5.75 Å². The summed E-state index contributed by atoms with van der Waals surface area (Å²) in [6.07, 6.45) is 0. The zero-order valence-corrected chi connectivity index (χ0v) is 11.1. The molecule has 2 N–H and O–H groups in total. The van der Waals surface area contributed by atoms with Crippen LogP contribution in [0, 0.1) is 0 Å². The summed E-state index contributed by atoms with van der Waals surface area (Å²) in [6, 6.07) is 9.80. The first-order valence-electron chi connectivity index (χ1n) is 5.41. The Balaban J connectivity index is 2.00. The molecule has 0 aliphatic carbocycles. The van der Waals surface area contributed by atoms with E-state index < -0.39 is 0 Å². The van der Waals surface area contributed by atoms with E-state index in [-0.39, 0.29) is 11.8 Å². The Morgan fingerprint density at radius 1 is 1.35 bits per heavy atom. The minimum absolute atomic E-state index is 0.167. The lowest BCUT2D eigenvalue weighted by molar-refractivity contribution is 0.461. The van der Waals surface area contributed by atoms with Crippen LogP contribution in [0.1, 0.15) is 23.4 Å². The van der Waals surface area contributed by atoms with Crippen LogP contribution in [0.5, 0.6) is 5.75 Å². The Morgan fingerprint density at radius 2 is 2.18 bits per heavy atom. The van der Waals surface area contributed by atoms with Crippen LogP contribution >= 0.6 is 22.9 Å². The van der Waals surface area contributed by atoms with Crippen molar-refractivity contribution in [1.82, 2.24) is 5.32 Å². The molecule has 1 heterocycles. The minimum Gasteiger partial charge on any atom is -0.506 e. The number of halogens is 1. The lowest BCUT2D eigenvalue weighted by atomic mass is 10.2. The van der Waals surface area contributed by atoms with Crippen LogP contribution in [0.15, 0.2) is 35.7 Å². The lowest BCUT2D eigenvalue weighted by Crippen LogP contribution is -2.17. The third-order valence-corrected chi connectivity index (χ3v) is 4.00. The maximum atomic E-state index is 9.77. The average Bonchev–Trinajstić information content (AvgIpc) is 2.84. The van der Waals surface area contributed by atoms with Crippen LogP contribution in [-0.2, 0) is 6.54 Å². The number of hydrogen-bond acceptors (Lipinski definition) is 3. The highest BCUT2D eigenvalue weighted by Crippen LogP contribution is 2.27. The van der Waals surface area contributed by atoms with Gasteiger partial charge in [0.15, 0.2) is 0 Å². The molecular formula is C13H14ClNOS. The number of phenolic OH excluding ortho intramolecular Hbond substituents is 1. The van der Waals surface area contributed by atoms with Crippen LogP contribution in [-0.4, -0.2) is 5.11 Å². The van der Waals surface area contributed by atoms with Gasteiger partial charge in [-0.3, -0.25) is 0 Å². The second-order valence-electron chi connectivity index (χ2n) is 3.87. The fourth-order valence-electron chi connectivity index (χ4n) is 1.60. The molecule has 0 radical (unpaired) electrons. The fraction of sp³-hybridized carbons (Fsp3) is 0.231. The number of rotatable bonds is 4. The van der Waals surface area contributed by atoms with E-state index in [1.165, 1.54) is 4.88 Å². The van der Waals surface area contributed by atoms with Gasteiger partial charge < -0.3 is 10.4 Å². The van der Waals surface area contributed by atoms with E-state index in [0.717, 1.165) is 5.56 Å². The van der Waals surface area contributed by atoms with Gasteiger partial charge in [0.05, 0.1) is 5.02 Å². The molecule has 90 valence electrons. The smallest absolute Gasteiger partial charge is 0.138 e. The third kappa shape index (κ3) is 3.00. The van der Waals surface area contributed by atoms with Crippen molar-refractivity contribution in [2.75, 3.05) is 0 Å². The Labute approximate surface area is 110 Å². The number of aromatic hydroxyl groups is 1. The van der Waals surface area contributed by atoms with E-state index in [1.807, 2.05) is 18.2 Å². The van der Waals surface area contributed by atoms with E-state index in [2.05, 4.69) is 23.7 Å². The molecule has 0 spiro atoms. The maximum Gasteiger partial charge on any atom is 0.138 e. The topological polar surface area (TPSA) is 32.3 Å². The second-order valence-corrected chi connectivity index (χ2v) is 5.25. The summed E-state index contributed by atoms with van der Waals surface area (Å²) < 4.78 is 0. The van der Waals surface area contributed by atoms with Crippen molar-refractivity contribution < 1.29 is 5.11 Å². The van der Waals surface area contributed by atoms with E-state index in [9.17, 15) is 5.11 Å². The SMILES string of the molecule is C[C@@H](NCc1cccc(Cl)c1O)c1cccs1. The predicted molar refractivity (Wildman–Crippen MR) is 72.7 cm³/mol. The van der Waals surface area contributed by atoms with Gasteiger partial charge in [-0.05, 0) is 24.4 Å². The standard InChI is InChI=1S/C13H14ClNOS/c1-9(12-6-3-7-17-12)15-8-10-4-2-5-11(14)13(10)16/h2-7,9,15-16H,8H2,1H3/t9-/m1/s1. The fourth-order valence-corrected chi connectivity index (χ4v) is 2.56. The number of phenols is 1. The quantitative estimate of drug-likeness (QED) is 0.879. The molecule has 1 atom stereocenters. The lowest BCUT2D eigenvalue weighted by Gasteiger charge is -2.13. The number of benzene rings is 1. The van der Waals surface area contributed by atoms with Gasteiger partial charge in [0.1, 0.15) is 5.75 Å². The average molecular weight is 268 g/mol. The summed E-state index contributed by atoms with van der Waals surface area (Å²) in [7, 11) is 0. The molecule has 2 nitrogen and oxygen atoms in total. The van der Waals surface area contributed by atoms with Crippen LogP contribution in [0.2, 0.25) is 5.02 Å². The van der Waals surface area contributed by atoms with Gasteiger partial charge in [0.25, 0.3) is 0 Å². The molecular weight excluding hydrogens is 254 g/mol. The van der Waals surface area contributed by atoms with Gasteiger partial charge in [-0.2, -0.15) is 0 Å². The summed E-state index contributed by atoms with van der Waals surface area (Å²) in [5.41, 5.74) is 0.820.